The van der Waals surface area contributed by atoms with Gasteiger partial charge in [0.15, 0.2) is 0 Å². The van der Waals surface area contributed by atoms with Gasteiger partial charge in [0.2, 0.25) is 0 Å². The highest BCUT2D eigenvalue weighted by molar-refractivity contribution is 5.57. The van der Waals surface area contributed by atoms with Crippen molar-refractivity contribution in [1.29, 1.82) is 0 Å². The summed E-state index contributed by atoms with van der Waals surface area (Å²) in [5, 5.41) is 13.6. The SMILES string of the molecule is COc1ccc(C2CCc3cc(O)ccc3C2)c(NCCCc2ccc(OCCN3CC4CCC(CC4)C3)cc2)c1. The summed E-state index contributed by atoms with van der Waals surface area (Å²) in [6.07, 6.45) is 10.9. The minimum atomic E-state index is 0.366. The molecule has 3 aromatic carbocycles. The summed E-state index contributed by atoms with van der Waals surface area (Å²) in [6.45, 7) is 5.27. The zero-order valence-electron chi connectivity index (χ0n) is 24.6. The van der Waals surface area contributed by atoms with Gasteiger partial charge >= 0.3 is 0 Å². The number of rotatable bonds is 11. The molecule has 2 N–H and O–H groups in total. The number of ether oxygens (including phenoxy) is 2. The molecule has 3 aromatic rings. The molecule has 0 amide bonds. The van der Waals surface area contributed by atoms with Crippen molar-refractivity contribution in [2.45, 2.75) is 63.7 Å². The second-order valence-corrected chi connectivity index (χ2v) is 12.5. The summed E-state index contributed by atoms with van der Waals surface area (Å²) < 4.78 is 11.7. The van der Waals surface area contributed by atoms with Gasteiger partial charge in [-0.1, -0.05) is 24.3 Å². The Morgan fingerprint density at radius 3 is 2.37 bits per heavy atom. The Labute approximate surface area is 245 Å². The average Bonchev–Trinajstić information content (AvgIpc) is 3.33. The highest BCUT2D eigenvalue weighted by Gasteiger charge is 2.29. The first-order valence-electron chi connectivity index (χ1n) is 15.8. The molecule has 2 saturated heterocycles. The van der Waals surface area contributed by atoms with Gasteiger partial charge in [-0.05, 0) is 128 Å². The Kier molecular flexibility index (Phi) is 9.00. The van der Waals surface area contributed by atoms with E-state index in [0.717, 1.165) is 75.1 Å². The van der Waals surface area contributed by atoms with Gasteiger partial charge in [-0.15, -0.1) is 0 Å². The second-order valence-electron chi connectivity index (χ2n) is 12.5. The van der Waals surface area contributed by atoms with Crippen molar-refractivity contribution in [3.8, 4) is 17.2 Å². The summed E-state index contributed by atoms with van der Waals surface area (Å²) in [6, 6.07) is 21.0. The van der Waals surface area contributed by atoms with E-state index in [1.165, 1.54) is 66.7 Å². The number of hydrogen-bond acceptors (Lipinski definition) is 5. The van der Waals surface area contributed by atoms with Crippen molar-refractivity contribution in [2.24, 2.45) is 11.8 Å². The summed E-state index contributed by atoms with van der Waals surface area (Å²) in [4.78, 5) is 2.64. The fourth-order valence-electron chi connectivity index (χ4n) is 7.32. The van der Waals surface area contributed by atoms with Gasteiger partial charge in [-0.2, -0.15) is 0 Å². The number of hydrogen-bond donors (Lipinski definition) is 2. The van der Waals surface area contributed by atoms with Crippen LogP contribution >= 0.6 is 0 Å². The molecule has 0 aromatic heterocycles. The molecule has 1 saturated carbocycles. The fourth-order valence-corrected chi connectivity index (χ4v) is 7.32. The van der Waals surface area contributed by atoms with Gasteiger partial charge in [0.1, 0.15) is 23.9 Å². The van der Waals surface area contributed by atoms with Gasteiger partial charge in [0, 0.05) is 37.9 Å². The predicted molar refractivity (Wildman–Crippen MR) is 167 cm³/mol. The maximum absolute atomic E-state index is 9.86. The molecule has 1 atom stereocenters. The molecule has 0 spiro atoms. The third-order valence-electron chi connectivity index (χ3n) is 9.67. The van der Waals surface area contributed by atoms with Crippen molar-refractivity contribution in [2.75, 3.05) is 45.2 Å². The van der Waals surface area contributed by atoms with E-state index in [1.807, 2.05) is 12.1 Å². The van der Waals surface area contributed by atoms with E-state index in [-0.39, 0.29) is 0 Å². The highest BCUT2D eigenvalue weighted by atomic mass is 16.5. The molecule has 3 fully saturated rings. The molecule has 2 aliphatic heterocycles. The third kappa shape index (κ3) is 7.19. The van der Waals surface area contributed by atoms with Gasteiger partial charge in [0.25, 0.3) is 0 Å². The van der Waals surface area contributed by atoms with E-state index in [4.69, 9.17) is 9.47 Å². The van der Waals surface area contributed by atoms with E-state index in [2.05, 4.69) is 58.7 Å². The molecular formula is C36H46N2O3. The largest absolute Gasteiger partial charge is 0.508 e. The van der Waals surface area contributed by atoms with Gasteiger partial charge in [-0.3, -0.25) is 4.90 Å². The Morgan fingerprint density at radius 2 is 1.61 bits per heavy atom. The number of nitrogens with one attached hydrogen (secondary N) is 1. The molecule has 2 heterocycles. The van der Waals surface area contributed by atoms with Crippen LogP contribution in [0.3, 0.4) is 0 Å². The molecule has 4 aliphatic rings. The van der Waals surface area contributed by atoms with Crippen LogP contribution in [0.15, 0.2) is 60.7 Å². The molecule has 5 nitrogen and oxygen atoms in total. The standard InChI is InChI=1S/C36H46N2O3/c1-40-34-16-17-35(31-11-10-30-22-32(39)13-12-29(30)21-31)36(23-34)37-18-2-3-26-8-14-33(15-9-26)41-20-19-38-24-27-4-5-28(25-38)7-6-27/h8-9,12-17,22-23,27-28,31,37,39H,2-7,10-11,18-21,24-25H2,1H3. The second kappa shape index (κ2) is 13.2. The zero-order chi connectivity index (χ0) is 28.0. The monoisotopic (exact) mass is 554 g/mol. The van der Waals surface area contributed by atoms with Crippen LogP contribution in [-0.4, -0.2) is 49.9 Å². The minimum absolute atomic E-state index is 0.366. The van der Waals surface area contributed by atoms with Crippen LogP contribution in [0.4, 0.5) is 5.69 Å². The number of phenols is 1. The third-order valence-corrected chi connectivity index (χ3v) is 9.67. The predicted octanol–water partition coefficient (Wildman–Crippen LogP) is 7.22. The first-order chi connectivity index (χ1) is 20.1. The number of anilines is 1. The van der Waals surface area contributed by atoms with Gasteiger partial charge in [-0.25, -0.2) is 0 Å². The first-order valence-corrected chi connectivity index (χ1v) is 15.8. The van der Waals surface area contributed by atoms with Gasteiger partial charge in [0.05, 0.1) is 7.11 Å². The minimum Gasteiger partial charge on any atom is -0.508 e. The normalized spacial score (nSPS) is 22.1. The molecule has 1 unspecified atom stereocenters. The lowest BCUT2D eigenvalue weighted by Crippen LogP contribution is -2.32. The van der Waals surface area contributed by atoms with Crippen molar-refractivity contribution < 1.29 is 14.6 Å². The lowest BCUT2D eigenvalue weighted by molar-refractivity contribution is 0.197. The number of aryl methyl sites for hydroxylation is 2. The Hall–Kier alpha value is -3.18. The summed E-state index contributed by atoms with van der Waals surface area (Å²) in [5.74, 6) is 4.53. The van der Waals surface area contributed by atoms with Gasteiger partial charge < -0.3 is 19.9 Å². The topological polar surface area (TPSA) is 54.0 Å². The van der Waals surface area contributed by atoms with E-state index in [9.17, 15) is 5.11 Å². The summed E-state index contributed by atoms with van der Waals surface area (Å²) >= 11 is 0. The summed E-state index contributed by atoms with van der Waals surface area (Å²) in [5.41, 5.74) is 6.52. The number of aromatic hydroxyl groups is 1. The van der Waals surface area contributed by atoms with E-state index in [0.29, 0.717) is 11.7 Å². The number of phenolic OH excluding ortho intramolecular Hbond substituents is 1. The van der Waals surface area contributed by atoms with Crippen LogP contribution in [0.25, 0.3) is 0 Å². The van der Waals surface area contributed by atoms with E-state index >= 15 is 0 Å². The molecule has 41 heavy (non-hydrogen) atoms. The maximum atomic E-state index is 9.86. The van der Waals surface area contributed by atoms with Crippen LogP contribution in [0.2, 0.25) is 0 Å². The average molecular weight is 555 g/mol. The van der Waals surface area contributed by atoms with Crippen LogP contribution in [0.1, 0.15) is 66.7 Å². The molecule has 2 aliphatic carbocycles. The Morgan fingerprint density at radius 1 is 0.854 bits per heavy atom. The molecule has 5 heteroatoms. The molecule has 218 valence electrons. The highest BCUT2D eigenvalue weighted by Crippen LogP contribution is 2.38. The quantitative estimate of drug-likeness (QED) is 0.245. The number of methoxy groups -OCH3 is 1. The van der Waals surface area contributed by atoms with Crippen LogP contribution in [0.5, 0.6) is 17.2 Å². The number of nitrogens with zero attached hydrogens (tertiary/aromatic N) is 1. The lowest BCUT2D eigenvalue weighted by atomic mass is 9.79. The Bertz CT molecular complexity index is 1270. The van der Waals surface area contributed by atoms with Crippen molar-refractivity contribution >= 4 is 5.69 Å². The van der Waals surface area contributed by atoms with Crippen molar-refractivity contribution in [3.63, 3.8) is 0 Å². The molecular weight excluding hydrogens is 508 g/mol. The van der Waals surface area contributed by atoms with Crippen LogP contribution in [-0.2, 0) is 19.3 Å². The fraction of sp³-hybridized carbons (Fsp3) is 0.500. The number of fused-ring (bicyclic) bond motifs is 5. The lowest BCUT2D eigenvalue weighted by Gasteiger charge is -2.27. The van der Waals surface area contributed by atoms with E-state index < -0.39 is 0 Å². The van der Waals surface area contributed by atoms with Crippen LogP contribution < -0.4 is 14.8 Å². The Balaban J connectivity index is 0.973. The maximum Gasteiger partial charge on any atom is 0.120 e. The molecule has 2 bridgehead atoms. The zero-order valence-corrected chi connectivity index (χ0v) is 24.6. The summed E-state index contributed by atoms with van der Waals surface area (Å²) in [7, 11) is 1.73. The van der Waals surface area contributed by atoms with Crippen molar-refractivity contribution in [1.82, 2.24) is 4.90 Å². The van der Waals surface area contributed by atoms with Crippen LogP contribution in [0, 0.1) is 11.8 Å². The van der Waals surface area contributed by atoms with E-state index in [1.54, 1.807) is 7.11 Å². The molecule has 0 radical (unpaired) electrons. The van der Waals surface area contributed by atoms with Crippen molar-refractivity contribution in [3.05, 3.63) is 82.9 Å². The smallest absolute Gasteiger partial charge is 0.120 e. The molecule has 7 rings (SSSR count). The first kappa shape index (κ1) is 28.0. The number of benzene rings is 3.